The van der Waals surface area contributed by atoms with Crippen molar-refractivity contribution in [2.24, 2.45) is 7.05 Å². The Kier molecular flexibility index (Phi) is 4.71. The lowest BCUT2D eigenvalue weighted by Gasteiger charge is -2.18. The molecule has 2 aromatic rings. The maximum absolute atomic E-state index is 12.6. The van der Waals surface area contributed by atoms with E-state index < -0.39 is 17.6 Å². The molecule has 1 aliphatic heterocycles. The third kappa shape index (κ3) is 3.71. The van der Waals surface area contributed by atoms with Gasteiger partial charge in [0.2, 0.25) is 0 Å². The largest absolute Gasteiger partial charge is 0.417 e. The van der Waals surface area contributed by atoms with Gasteiger partial charge in [-0.05, 0) is 30.7 Å². The Hall–Kier alpha value is -2.84. The summed E-state index contributed by atoms with van der Waals surface area (Å²) in [5, 5.41) is 2.80. The Bertz CT molecular complexity index is 862. The molecule has 1 amide bonds. The van der Waals surface area contributed by atoms with Crippen molar-refractivity contribution < 1.29 is 18.0 Å². The predicted octanol–water partition coefficient (Wildman–Crippen LogP) is 1.81. The molecule has 138 valence electrons. The minimum absolute atomic E-state index is 0.0566. The lowest BCUT2D eigenvalue weighted by Crippen LogP contribution is -2.40. The maximum Gasteiger partial charge on any atom is 0.417 e. The number of carbonyl (C=O) groups excluding carboxylic acids is 1. The number of carbonyl (C=O) groups is 1. The zero-order chi connectivity index (χ0) is 18.9. The van der Waals surface area contributed by atoms with Crippen molar-refractivity contribution in [2.75, 3.05) is 18.0 Å². The topological polar surface area (TPSA) is 67.2 Å². The van der Waals surface area contributed by atoms with E-state index in [9.17, 15) is 22.8 Å². The van der Waals surface area contributed by atoms with Gasteiger partial charge < -0.3 is 14.8 Å². The van der Waals surface area contributed by atoms with E-state index in [1.54, 1.807) is 24.2 Å². The van der Waals surface area contributed by atoms with E-state index in [-0.39, 0.29) is 17.2 Å². The van der Waals surface area contributed by atoms with Crippen molar-refractivity contribution in [3.05, 3.63) is 58.1 Å². The van der Waals surface area contributed by atoms with Crippen LogP contribution in [0.15, 0.2) is 41.5 Å². The summed E-state index contributed by atoms with van der Waals surface area (Å²) in [6, 6.07) is 5.17. The van der Waals surface area contributed by atoms with Crippen LogP contribution >= 0.6 is 0 Å². The van der Waals surface area contributed by atoms with Crippen molar-refractivity contribution in [2.45, 2.75) is 18.6 Å². The van der Waals surface area contributed by atoms with Crippen LogP contribution in [-0.4, -0.2) is 34.6 Å². The first kappa shape index (κ1) is 18.0. The standard InChI is InChI=1S/C17H17F3N4O2/c1-23-7-2-3-13(16(23)26)15(25)22-12-6-8-24(10-12)14-5-4-11(9-21-14)17(18,19)20/h2-5,7,9,12H,6,8,10H2,1H3,(H,22,25)/t12-/m1/s1. The second-order valence-corrected chi connectivity index (χ2v) is 6.15. The number of hydrogen-bond acceptors (Lipinski definition) is 4. The fraction of sp³-hybridized carbons (Fsp3) is 0.353. The van der Waals surface area contributed by atoms with Gasteiger partial charge in [-0.3, -0.25) is 9.59 Å². The van der Waals surface area contributed by atoms with Crippen molar-refractivity contribution in [1.82, 2.24) is 14.9 Å². The van der Waals surface area contributed by atoms with Crippen molar-refractivity contribution in [3.63, 3.8) is 0 Å². The van der Waals surface area contributed by atoms with E-state index in [0.29, 0.717) is 25.3 Å². The van der Waals surface area contributed by atoms with Gasteiger partial charge in [0.1, 0.15) is 11.4 Å². The highest BCUT2D eigenvalue weighted by Gasteiger charge is 2.31. The van der Waals surface area contributed by atoms with Gasteiger partial charge in [0, 0.05) is 38.6 Å². The molecular formula is C17H17F3N4O2. The second kappa shape index (κ2) is 6.81. The van der Waals surface area contributed by atoms with Crippen molar-refractivity contribution >= 4 is 11.7 Å². The minimum Gasteiger partial charge on any atom is -0.354 e. The van der Waals surface area contributed by atoms with Gasteiger partial charge in [-0.25, -0.2) is 4.98 Å². The molecule has 0 aliphatic carbocycles. The lowest BCUT2D eigenvalue weighted by molar-refractivity contribution is -0.137. The van der Waals surface area contributed by atoms with Crippen LogP contribution in [0.4, 0.5) is 19.0 Å². The Morgan fingerprint density at radius 3 is 2.73 bits per heavy atom. The number of amides is 1. The number of anilines is 1. The number of alkyl halides is 3. The molecule has 1 saturated heterocycles. The molecule has 0 saturated carbocycles. The number of nitrogens with one attached hydrogen (secondary N) is 1. The Balaban J connectivity index is 1.64. The highest BCUT2D eigenvalue weighted by Crippen LogP contribution is 2.29. The molecule has 1 fully saturated rings. The zero-order valence-corrected chi connectivity index (χ0v) is 14.0. The molecule has 1 N–H and O–H groups in total. The summed E-state index contributed by atoms with van der Waals surface area (Å²) in [5.74, 6) is -0.0381. The SMILES string of the molecule is Cn1cccc(C(=O)N[C@@H]2CCN(c3ccc(C(F)(F)F)cn3)C2)c1=O. The molecular weight excluding hydrogens is 349 g/mol. The average molecular weight is 366 g/mol. The smallest absolute Gasteiger partial charge is 0.354 e. The van der Waals surface area contributed by atoms with E-state index >= 15 is 0 Å². The average Bonchev–Trinajstić information content (AvgIpc) is 3.05. The first-order valence-electron chi connectivity index (χ1n) is 8.00. The monoisotopic (exact) mass is 366 g/mol. The molecule has 6 nitrogen and oxygen atoms in total. The Morgan fingerprint density at radius 2 is 2.08 bits per heavy atom. The summed E-state index contributed by atoms with van der Waals surface area (Å²) in [7, 11) is 1.56. The van der Waals surface area contributed by atoms with Crippen LogP contribution in [-0.2, 0) is 13.2 Å². The van der Waals surface area contributed by atoms with Crippen LogP contribution in [0.5, 0.6) is 0 Å². The van der Waals surface area contributed by atoms with E-state index in [1.165, 1.54) is 16.7 Å². The normalized spacial score (nSPS) is 17.4. The molecule has 0 radical (unpaired) electrons. The third-order valence-corrected chi connectivity index (χ3v) is 4.29. The quantitative estimate of drug-likeness (QED) is 0.900. The minimum atomic E-state index is -4.42. The summed E-state index contributed by atoms with van der Waals surface area (Å²) in [6.07, 6.45) is -1.45. The van der Waals surface area contributed by atoms with Crippen LogP contribution in [0.25, 0.3) is 0 Å². The van der Waals surface area contributed by atoms with Crippen molar-refractivity contribution in [3.8, 4) is 0 Å². The third-order valence-electron chi connectivity index (χ3n) is 4.29. The zero-order valence-electron chi connectivity index (χ0n) is 14.0. The highest BCUT2D eigenvalue weighted by atomic mass is 19.4. The number of halogens is 3. The van der Waals surface area contributed by atoms with Crippen LogP contribution in [0, 0.1) is 0 Å². The first-order chi connectivity index (χ1) is 12.3. The van der Waals surface area contributed by atoms with Crippen LogP contribution < -0.4 is 15.8 Å². The molecule has 0 unspecified atom stereocenters. The molecule has 1 atom stereocenters. The Morgan fingerprint density at radius 1 is 1.31 bits per heavy atom. The van der Waals surface area contributed by atoms with Gasteiger partial charge in [0.25, 0.3) is 11.5 Å². The number of rotatable bonds is 3. The molecule has 0 bridgehead atoms. The first-order valence-corrected chi connectivity index (χ1v) is 8.00. The highest BCUT2D eigenvalue weighted by molar-refractivity contribution is 5.94. The van der Waals surface area contributed by atoms with Gasteiger partial charge in [-0.2, -0.15) is 13.2 Å². The van der Waals surface area contributed by atoms with Crippen LogP contribution in [0.1, 0.15) is 22.3 Å². The summed E-state index contributed by atoms with van der Waals surface area (Å²) >= 11 is 0. The van der Waals surface area contributed by atoms with Gasteiger partial charge in [-0.15, -0.1) is 0 Å². The fourth-order valence-electron chi connectivity index (χ4n) is 2.86. The number of hydrogen-bond donors (Lipinski definition) is 1. The summed E-state index contributed by atoms with van der Waals surface area (Å²) < 4.78 is 39.1. The van der Waals surface area contributed by atoms with Gasteiger partial charge in [0.15, 0.2) is 0 Å². The molecule has 9 heteroatoms. The molecule has 2 aromatic heterocycles. The molecule has 1 aliphatic rings. The molecule has 3 rings (SSSR count). The van der Waals surface area contributed by atoms with Crippen LogP contribution in [0.3, 0.4) is 0 Å². The van der Waals surface area contributed by atoms with E-state index in [1.807, 2.05) is 0 Å². The molecule has 3 heterocycles. The number of aryl methyl sites for hydroxylation is 1. The number of aromatic nitrogens is 2. The van der Waals surface area contributed by atoms with Gasteiger partial charge in [-0.1, -0.05) is 0 Å². The number of nitrogens with zero attached hydrogens (tertiary/aromatic N) is 3. The molecule has 0 spiro atoms. The van der Waals surface area contributed by atoms with Crippen molar-refractivity contribution in [1.29, 1.82) is 0 Å². The second-order valence-electron chi connectivity index (χ2n) is 6.15. The Labute approximate surface area is 147 Å². The summed E-state index contributed by atoms with van der Waals surface area (Å²) in [4.78, 5) is 29.9. The van der Waals surface area contributed by atoms with Crippen LogP contribution in [0.2, 0.25) is 0 Å². The predicted molar refractivity (Wildman–Crippen MR) is 89.0 cm³/mol. The number of pyridine rings is 2. The van der Waals surface area contributed by atoms with Gasteiger partial charge >= 0.3 is 6.18 Å². The fourth-order valence-corrected chi connectivity index (χ4v) is 2.86. The van der Waals surface area contributed by atoms with E-state index in [4.69, 9.17) is 0 Å². The van der Waals surface area contributed by atoms with E-state index in [0.717, 1.165) is 12.3 Å². The maximum atomic E-state index is 12.6. The molecule has 26 heavy (non-hydrogen) atoms. The lowest BCUT2D eigenvalue weighted by atomic mass is 10.2. The summed E-state index contributed by atoms with van der Waals surface area (Å²) in [6.45, 7) is 0.966. The van der Waals surface area contributed by atoms with E-state index in [2.05, 4.69) is 10.3 Å². The van der Waals surface area contributed by atoms with Gasteiger partial charge in [0.05, 0.1) is 5.56 Å². The summed E-state index contributed by atoms with van der Waals surface area (Å²) in [5.41, 5.74) is -1.13. The molecule has 0 aromatic carbocycles.